The standard InChI is InChI=1S/C18H22N4O3/c1-18(2,3)20-15(23)11-19-17(25)14-9-10-16(24)22(21-14)12-13-7-5-4-6-8-13/h4-10H,11-12H2,1-3H3,(H,19,25)(H,20,23). The summed E-state index contributed by atoms with van der Waals surface area (Å²) in [4.78, 5) is 35.8. The van der Waals surface area contributed by atoms with Gasteiger partial charge in [0.2, 0.25) is 5.91 Å². The highest BCUT2D eigenvalue weighted by Crippen LogP contribution is 2.00. The van der Waals surface area contributed by atoms with Crippen LogP contribution in [0.2, 0.25) is 0 Å². The molecule has 0 aliphatic heterocycles. The highest BCUT2D eigenvalue weighted by molar-refractivity contribution is 5.94. The molecule has 0 saturated heterocycles. The summed E-state index contributed by atoms with van der Waals surface area (Å²) in [6, 6.07) is 12.0. The number of amides is 2. The van der Waals surface area contributed by atoms with Gasteiger partial charge >= 0.3 is 0 Å². The Balaban J connectivity index is 2.04. The Hall–Kier alpha value is -2.96. The maximum Gasteiger partial charge on any atom is 0.272 e. The topological polar surface area (TPSA) is 93.1 Å². The molecule has 0 unspecified atom stereocenters. The summed E-state index contributed by atoms with van der Waals surface area (Å²) in [5, 5.41) is 9.33. The lowest BCUT2D eigenvalue weighted by Gasteiger charge is -2.20. The predicted octanol–water partition coefficient (Wildman–Crippen LogP) is 0.936. The molecule has 2 N–H and O–H groups in total. The van der Waals surface area contributed by atoms with E-state index in [1.807, 2.05) is 51.1 Å². The average Bonchev–Trinajstić information content (AvgIpc) is 2.54. The fourth-order valence-electron chi connectivity index (χ4n) is 2.15. The van der Waals surface area contributed by atoms with E-state index in [-0.39, 0.29) is 35.8 Å². The van der Waals surface area contributed by atoms with E-state index in [9.17, 15) is 14.4 Å². The number of hydrogen-bond acceptors (Lipinski definition) is 4. The minimum absolute atomic E-state index is 0.0825. The summed E-state index contributed by atoms with van der Waals surface area (Å²) in [6.07, 6.45) is 0. The lowest BCUT2D eigenvalue weighted by Crippen LogP contribution is -2.46. The second-order valence-corrected chi connectivity index (χ2v) is 6.68. The third-order valence-electron chi connectivity index (χ3n) is 3.20. The third kappa shape index (κ3) is 5.87. The Morgan fingerprint density at radius 3 is 2.40 bits per heavy atom. The fourth-order valence-corrected chi connectivity index (χ4v) is 2.15. The number of rotatable bonds is 5. The smallest absolute Gasteiger partial charge is 0.272 e. The third-order valence-corrected chi connectivity index (χ3v) is 3.20. The summed E-state index contributed by atoms with van der Waals surface area (Å²) in [5.41, 5.74) is 0.312. The fraction of sp³-hybridized carbons (Fsp3) is 0.333. The van der Waals surface area contributed by atoms with Crippen LogP contribution in [0.25, 0.3) is 0 Å². The summed E-state index contributed by atoms with van der Waals surface area (Å²) in [6.45, 7) is 5.68. The number of aromatic nitrogens is 2. The Bertz CT molecular complexity index is 807. The van der Waals surface area contributed by atoms with Crippen LogP contribution >= 0.6 is 0 Å². The van der Waals surface area contributed by atoms with Crippen molar-refractivity contribution in [3.05, 3.63) is 64.1 Å². The number of benzene rings is 1. The first kappa shape index (κ1) is 18.4. The van der Waals surface area contributed by atoms with Gasteiger partial charge in [0.15, 0.2) is 0 Å². The van der Waals surface area contributed by atoms with Gasteiger partial charge in [-0.05, 0) is 32.4 Å². The van der Waals surface area contributed by atoms with Gasteiger partial charge in [0, 0.05) is 11.6 Å². The minimum Gasteiger partial charge on any atom is -0.350 e. The van der Waals surface area contributed by atoms with E-state index in [0.29, 0.717) is 0 Å². The SMILES string of the molecule is CC(C)(C)NC(=O)CNC(=O)c1ccc(=O)n(Cc2ccccc2)n1. The molecule has 25 heavy (non-hydrogen) atoms. The first-order valence-electron chi connectivity index (χ1n) is 7.96. The first-order chi connectivity index (χ1) is 11.7. The summed E-state index contributed by atoms with van der Waals surface area (Å²) < 4.78 is 1.22. The van der Waals surface area contributed by atoms with Gasteiger partial charge in [0.1, 0.15) is 5.69 Å². The van der Waals surface area contributed by atoms with Gasteiger partial charge < -0.3 is 10.6 Å². The van der Waals surface area contributed by atoms with Crippen molar-refractivity contribution in [2.45, 2.75) is 32.9 Å². The molecule has 0 saturated carbocycles. The lowest BCUT2D eigenvalue weighted by atomic mass is 10.1. The monoisotopic (exact) mass is 342 g/mol. The Kier molecular flexibility index (Phi) is 5.69. The van der Waals surface area contributed by atoms with Gasteiger partial charge in [-0.2, -0.15) is 5.10 Å². The number of nitrogens with one attached hydrogen (secondary N) is 2. The van der Waals surface area contributed by atoms with Crippen LogP contribution in [0.3, 0.4) is 0 Å². The number of carbonyl (C=O) groups excluding carboxylic acids is 2. The van der Waals surface area contributed by atoms with Crippen LogP contribution in [0.5, 0.6) is 0 Å². The van der Waals surface area contributed by atoms with Crippen LogP contribution in [0, 0.1) is 0 Å². The molecule has 2 aromatic rings. The molecule has 0 aliphatic rings. The molecule has 0 atom stereocenters. The summed E-state index contributed by atoms with van der Waals surface area (Å²) in [7, 11) is 0. The van der Waals surface area contributed by atoms with Crippen LogP contribution in [-0.2, 0) is 11.3 Å². The Labute approximate surface area is 146 Å². The molecule has 0 spiro atoms. The Morgan fingerprint density at radius 2 is 1.76 bits per heavy atom. The summed E-state index contributed by atoms with van der Waals surface area (Å²) in [5.74, 6) is -0.802. The zero-order valence-electron chi connectivity index (χ0n) is 14.6. The van der Waals surface area contributed by atoms with Crippen molar-refractivity contribution in [1.82, 2.24) is 20.4 Å². The van der Waals surface area contributed by atoms with E-state index in [1.165, 1.54) is 16.8 Å². The van der Waals surface area contributed by atoms with Crippen LogP contribution in [0.1, 0.15) is 36.8 Å². The number of hydrogen-bond donors (Lipinski definition) is 2. The van der Waals surface area contributed by atoms with Gasteiger partial charge in [-0.3, -0.25) is 14.4 Å². The van der Waals surface area contributed by atoms with E-state index in [4.69, 9.17) is 0 Å². The molecule has 132 valence electrons. The molecule has 0 radical (unpaired) electrons. The summed E-state index contributed by atoms with van der Waals surface area (Å²) >= 11 is 0. The van der Waals surface area contributed by atoms with Gasteiger partial charge in [-0.15, -0.1) is 0 Å². The van der Waals surface area contributed by atoms with Crippen molar-refractivity contribution >= 4 is 11.8 Å². The van der Waals surface area contributed by atoms with Crippen molar-refractivity contribution in [2.24, 2.45) is 0 Å². The van der Waals surface area contributed by atoms with Crippen molar-refractivity contribution in [1.29, 1.82) is 0 Å². The van der Waals surface area contributed by atoms with E-state index in [1.54, 1.807) is 0 Å². The molecule has 0 aliphatic carbocycles. The zero-order valence-corrected chi connectivity index (χ0v) is 14.6. The average molecular weight is 342 g/mol. The van der Waals surface area contributed by atoms with E-state index in [0.717, 1.165) is 5.56 Å². The second kappa shape index (κ2) is 7.74. The first-order valence-corrected chi connectivity index (χ1v) is 7.96. The molecule has 7 heteroatoms. The van der Waals surface area contributed by atoms with Crippen molar-refractivity contribution in [3.63, 3.8) is 0 Å². The maximum atomic E-state index is 12.2. The molecule has 7 nitrogen and oxygen atoms in total. The highest BCUT2D eigenvalue weighted by atomic mass is 16.2. The van der Waals surface area contributed by atoms with Gasteiger partial charge in [0.25, 0.3) is 11.5 Å². The molecular weight excluding hydrogens is 320 g/mol. The van der Waals surface area contributed by atoms with Crippen LogP contribution < -0.4 is 16.2 Å². The van der Waals surface area contributed by atoms with Crippen LogP contribution in [0.4, 0.5) is 0 Å². The van der Waals surface area contributed by atoms with Crippen LogP contribution in [0.15, 0.2) is 47.3 Å². The van der Waals surface area contributed by atoms with E-state index in [2.05, 4.69) is 15.7 Å². The number of nitrogens with zero attached hydrogens (tertiary/aromatic N) is 2. The van der Waals surface area contributed by atoms with E-state index >= 15 is 0 Å². The molecule has 0 fully saturated rings. The predicted molar refractivity (Wildman–Crippen MR) is 94.3 cm³/mol. The molecule has 1 aromatic carbocycles. The molecule has 0 bridgehead atoms. The molecule has 1 aromatic heterocycles. The van der Waals surface area contributed by atoms with Crippen molar-refractivity contribution in [2.75, 3.05) is 6.54 Å². The van der Waals surface area contributed by atoms with Crippen molar-refractivity contribution in [3.8, 4) is 0 Å². The van der Waals surface area contributed by atoms with Gasteiger partial charge in [0.05, 0.1) is 13.1 Å². The molecule has 1 heterocycles. The van der Waals surface area contributed by atoms with Crippen molar-refractivity contribution < 1.29 is 9.59 Å². The molecular formula is C18H22N4O3. The molecule has 2 amide bonds. The maximum absolute atomic E-state index is 12.2. The second-order valence-electron chi connectivity index (χ2n) is 6.68. The van der Waals surface area contributed by atoms with E-state index < -0.39 is 5.91 Å². The lowest BCUT2D eigenvalue weighted by molar-refractivity contribution is -0.121. The Morgan fingerprint density at radius 1 is 1.08 bits per heavy atom. The zero-order chi connectivity index (χ0) is 18.4. The quantitative estimate of drug-likeness (QED) is 0.845. The molecule has 2 rings (SSSR count). The largest absolute Gasteiger partial charge is 0.350 e. The van der Waals surface area contributed by atoms with Crippen LogP contribution in [-0.4, -0.2) is 33.7 Å². The van der Waals surface area contributed by atoms with Gasteiger partial charge in [-0.1, -0.05) is 30.3 Å². The van der Waals surface area contributed by atoms with Gasteiger partial charge in [-0.25, -0.2) is 4.68 Å². The number of carbonyl (C=O) groups is 2. The minimum atomic E-state index is -0.508. The normalized spacial score (nSPS) is 11.0. The highest BCUT2D eigenvalue weighted by Gasteiger charge is 2.15.